The number of carbonyl (C=O) groups excluding carboxylic acids is 1. The molecule has 7 heteroatoms. The van der Waals surface area contributed by atoms with Crippen LogP contribution in [0.5, 0.6) is 0 Å². The summed E-state index contributed by atoms with van der Waals surface area (Å²) in [6.45, 7) is -1.55. The fourth-order valence-corrected chi connectivity index (χ4v) is 1.99. The van der Waals surface area contributed by atoms with E-state index in [1.165, 1.54) is 0 Å². The second-order valence-corrected chi connectivity index (χ2v) is 5.44. The van der Waals surface area contributed by atoms with Crippen molar-refractivity contribution in [3.05, 3.63) is 31.8 Å². The van der Waals surface area contributed by atoms with Gasteiger partial charge in [-0.15, -0.1) is 0 Å². The number of rotatable bonds is 4. The SMILES string of the molecule is NCC(F)(F)CNC(=O)c1cc(Br)ccc1I. The van der Waals surface area contributed by atoms with Gasteiger partial charge in [0.2, 0.25) is 0 Å². The maximum atomic E-state index is 12.9. The van der Waals surface area contributed by atoms with Gasteiger partial charge >= 0.3 is 0 Å². The maximum Gasteiger partial charge on any atom is 0.277 e. The Kier molecular flexibility index (Phi) is 5.26. The molecule has 0 atom stereocenters. The fourth-order valence-electron chi connectivity index (χ4n) is 1.05. The lowest BCUT2D eigenvalue weighted by Gasteiger charge is -2.15. The molecule has 1 rings (SSSR count). The van der Waals surface area contributed by atoms with E-state index in [1.54, 1.807) is 18.2 Å². The van der Waals surface area contributed by atoms with E-state index in [2.05, 4.69) is 21.2 Å². The highest BCUT2D eigenvalue weighted by molar-refractivity contribution is 14.1. The van der Waals surface area contributed by atoms with Crippen molar-refractivity contribution >= 4 is 44.4 Å². The van der Waals surface area contributed by atoms with Crippen LogP contribution in [0.1, 0.15) is 10.4 Å². The molecule has 0 aliphatic heterocycles. The van der Waals surface area contributed by atoms with Crippen LogP contribution in [0.3, 0.4) is 0 Å². The van der Waals surface area contributed by atoms with E-state index < -0.39 is 24.9 Å². The Morgan fingerprint density at radius 1 is 1.53 bits per heavy atom. The second-order valence-electron chi connectivity index (χ2n) is 3.37. The molecule has 94 valence electrons. The van der Waals surface area contributed by atoms with Gasteiger partial charge in [0.1, 0.15) is 0 Å². The van der Waals surface area contributed by atoms with Crippen LogP contribution in [-0.4, -0.2) is 24.9 Å². The van der Waals surface area contributed by atoms with Crippen molar-refractivity contribution < 1.29 is 13.6 Å². The molecule has 0 unspecified atom stereocenters. The molecule has 0 fully saturated rings. The number of alkyl halides is 2. The van der Waals surface area contributed by atoms with E-state index in [9.17, 15) is 13.6 Å². The number of nitrogens with one attached hydrogen (secondary N) is 1. The summed E-state index contributed by atoms with van der Waals surface area (Å²) in [6.07, 6.45) is 0. The molecule has 1 aromatic rings. The van der Waals surface area contributed by atoms with Gasteiger partial charge in [0.25, 0.3) is 11.8 Å². The molecule has 3 N–H and O–H groups in total. The van der Waals surface area contributed by atoms with Crippen LogP contribution in [0.15, 0.2) is 22.7 Å². The first-order valence-electron chi connectivity index (χ1n) is 4.67. The summed E-state index contributed by atoms with van der Waals surface area (Å²) < 4.78 is 27.1. The quantitative estimate of drug-likeness (QED) is 0.737. The largest absolute Gasteiger partial charge is 0.346 e. The zero-order chi connectivity index (χ0) is 13.1. The van der Waals surface area contributed by atoms with E-state index in [4.69, 9.17) is 5.73 Å². The Morgan fingerprint density at radius 3 is 2.76 bits per heavy atom. The van der Waals surface area contributed by atoms with Crippen molar-refractivity contribution in [3.63, 3.8) is 0 Å². The number of benzene rings is 1. The third-order valence-corrected chi connectivity index (χ3v) is 3.41. The number of carbonyl (C=O) groups is 1. The van der Waals surface area contributed by atoms with Crippen molar-refractivity contribution in [1.82, 2.24) is 5.32 Å². The van der Waals surface area contributed by atoms with Gasteiger partial charge in [0.05, 0.1) is 18.7 Å². The zero-order valence-corrected chi connectivity index (χ0v) is 12.4. The molecule has 0 aliphatic rings. The summed E-state index contributed by atoms with van der Waals surface area (Å²) in [6, 6.07) is 5.07. The summed E-state index contributed by atoms with van der Waals surface area (Å²) in [5, 5.41) is 2.16. The zero-order valence-electron chi connectivity index (χ0n) is 8.64. The van der Waals surface area contributed by atoms with E-state index in [0.717, 1.165) is 0 Å². The lowest BCUT2D eigenvalue weighted by Crippen LogP contribution is -2.41. The first-order chi connectivity index (χ1) is 7.85. The van der Waals surface area contributed by atoms with E-state index in [-0.39, 0.29) is 0 Å². The summed E-state index contributed by atoms with van der Waals surface area (Å²) in [5.74, 6) is -3.61. The van der Waals surface area contributed by atoms with Crippen molar-refractivity contribution in [2.24, 2.45) is 5.73 Å². The fraction of sp³-hybridized carbons (Fsp3) is 0.300. The minimum Gasteiger partial charge on any atom is -0.346 e. The third kappa shape index (κ3) is 4.47. The average molecular weight is 419 g/mol. The minimum absolute atomic E-state index is 0.354. The Bertz CT molecular complexity index is 429. The highest BCUT2D eigenvalue weighted by atomic mass is 127. The van der Waals surface area contributed by atoms with E-state index in [1.807, 2.05) is 22.6 Å². The van der Waals surface area contributed by atoms with E-state index in [0.29, 0.717) is 13.6 Å². The number of halogens is 4. The minimum atomic E-state index is -3.08. The van der Waals surface area contributed by atoms with Gasteiger partial charge in [-0.2, -0.15) is 0 Å². The van der Waals surface area contributed by atoms with Gasteiger partial charge in [0.15, 0.2) is 0 Å². The molecule has 0 aromatic heterocycles. The van der Waals surface area contributed by atoms with Gasteiger partial charge < -0.3 is 11.1 Å². The monoisotopic (exact) mass is 418 g/mol. The van der Waals surface area contributed by atoms with Crippen LogP contribution < -0.4 is 11.1 Å². The van der Waals surface area contributed by atoms with Gasteiger partial charge in [0, 0.05) is 8.04 Å². The van der Waals surface area contributed by atoms with Crippen LogP contribution in [-0.2, 0) is 0 Å². The predicted molar refractivity (Wildman–Crippen MR) is 73.2 cm³/mol. The number of hydrogen-bond acceptors (Lipinski definition) is 2. The summed E-state index contributed by atoms with van der Waals surface area (Å²) in [4.78, 5) is 11.7. The summed E-state index contributed by atoms with van der Waals surface area (Å²) in [7, 11) is 0. The van der Waals surface area contributed by atoms with Crippen molar-refractivity contribution in [3.8, 4) is 0 Å². The molecule has 0 heterocycles. The smallest absolute Gasteiger partial charge is 0.277 e. The maximum absolute atomic E-state index is 12.9. The van der Waals surface area contributed by atoms with Crippen LogP contribution >= 0.6 is 38.5 Å². The molecular formula is C10H10BrF2IN2O. The third-order valence-electron chi connectivity index (χ3n) is 1.98. The summed E-state index contributed by atoms with van der Waals surface area (Å²) >= 11 is 5.19. The number of amides is 1. The molecule has 1 aromatic carbocycles. The van der Waals surface area contributed by atoms with Gasteiger partial charge in [-0.05, 0) is 40.8 Å². The number of nitrogens with two attached hydrogens (primary N) is 1. The standard InChI is InChI=1S/C10H10BrF2IN2O/c11-6-1-2-8(14)7(3-6)9(17)16-5-10(12,13)4-15/h1-3H,4-5,15H2,(H,16,17). The number of hydrogen-bond donors (Lipinski definition) is 2. The van der Waals surface area contributed by atoms with Crippen LogP contribution in [0.4, 0.5) is 8.78 Å². The molecule has 17 heavy (non-hydrogen) atoms. The highest BCUT2D eigenvalue weighted by Crippen LogP contribution is 2.18. The first kappa shape index (κ1) is 14.8. The Balaban J connectivity index is 2.74. The molecule has 3 nitrogen and oxygen atoms in total. The molecule has 0 bridgehead atoms. The van der Waals surface area contributed by atoms with Crippen molar-refractivity contribution in [2.45, 2.75) is 5.92 Å². The Hall–Kier alpha value is -0.280. The molecular weight excluding hydrogens is 409 g/mol. The first-order valence-corrected chi connectivity index (χ1v) is 6.54. The second kappa shape index (κ2) is 6.05. The Morgan fingerprint density at radius 2 is 2.18 bits per heavy atom. The lowest BCUT2D eigenvalue weighted by atomic mass is 10.2. The topological polar surface area (TPSA) is 55.1 Å². The normalized spacial score (nSPS) is 11.4. The van der Waals surface area contributed by atoms with Crippen molar-refractivity contribution in [2.75, 3.05) is 13.1 Å². The molecule has 0 saturated heterocycles. The van der Waals surface area contributed by atoms with Crippen molar-refractivity contribution in [1.29, 1.82) is 0 Å². The molecule has 0 aliphatic carbocycles. The molecule has 0 radical (unpaired) electrons. The van der Waals surface area contributed by atoms with Crippen LogP contribution in [0.2, 0.25) is 0 Å². The van der Waals surface area contributed by atoms with Crippen LogP contribution in [0.25, 0.3) is 0 Å². The van der Waals surface area contributed by atoms with E-state index >= 15 is 0 Å². The predicted octanol–water partition coefficient (Wildman–Crippen LogP) is 2.38. The summed E-state index contributed by atoms with van der Waals surface area (Å²) in [5.41, 5.74) is 5.23. The molecule has 0 spiro atoms. The molecule has 0 saturated carbocycles. The van der Waals surface area contributed by atoms with Gasteiger partial charge in [-0.1, -0.05) is 15.9 Å². The van der Waals surface area contributed by atoms with Gasteiger partial charge in [-0.25, -0.2) is 8.78 Å². The van der Waals surface area contributed by atoms with Crippen LogP contribution in [0, 0.1) is 3.57 Å². The van der Waals surface area contributed by atoms with Gasteiger partial charge in [-0.3, -0.25) is 4.79 Å². The lowest BCUT2D eigenvalue weighted by molar-refractivity contribution is 0.0118. The highest BCUT2D eigenvalue weighted by Gasteiger charge is 2.27. The average Bonchev–Trinajstić information content (AvgIpc) is 2.29. The molecule has 1 amide bonds. The Labute approximate surface area is 119 Å².